The van der Waals surface area contributed by atoms with Gasteiger partial charge in [-0.3, -0.25) is 19.1 Å². The van der Waals surface area contributed by atoms with Gasteiger partial charge in [0.2, 0.25) is 27.7 Å². The number of nitrogens with one attached hydrogen (secondary N) is 3. The molecule has 1 saturated heterocycles. The van der Waals surface area contributed by atoms with Crippen LogP contribution < -0.4 is 20.1 Å². The van der Waals surface area contributed by atoms with Crippen molar-refractivity contribution >= 4 is 49.8 Å². The number of pyridine rings is 1. The van der Waals surface area contributed by atoms with Gasteiger partial charge < -0.3 is 25.0 Å². The van der Waals surface area contributed by atoms with Crippen LogP contribution in [-0.4, -0.2) is 85.3 Å². The molecule has 1 aromatic rings. The van der Waals surface area contributed by atoms with Crippen LogP contribution >= 0.6 is 15.9 Å². The first kappa shape index (κ1) is 32.7. The minimum absolute atomic E-state index is 0.125. The molecular formula is C28H38BrN5O8S. The summed E-state index contributed by atoms with van der Waals surface area (Å²) in [6.45, 7) is 9.31. The number of ether oxygens (including phenoxy) is 2. The molecule has 4 amide bonds. The first-order chi connectivity index (χ1) is 20.1. The number of hydrogen-bond donors (Lipinski definition) is 3. The maximum absolute atomic E-state index is 14.0. The third kappa shape index (κ3) is 7.48. The van der Waals surface area contributed by atoms with Crippen molar-refractivity contribution in [2.45, 2.75) is 69.3 Å². The Labute approximate surface area is 259 Å². The van der Waals surface area contributed by atoms with E-state index in [-0.39, 0.29) is 31.9 Å². The van der Waals surface area contributed by atoms with E-state index in [4.69, 9.17) is 9.47 Å². The Morgan fingerprint density at radius 1 is 1.26 bits per heavy atom. The van der Waals surface area contributed by atoms with Crippen LogP contribution in [-0.2, 0) is 29.1 Å². The standard InChI is InChI=1S/C28H38BrN5O8S/c1-6-17-13-28(17,25(37)33-43(39,40)18-10-11-18)32-23(35)19-12-16(15-42-21-9-7-8-20(29)30-21)14-34(19)24(36)22(27(2,3)4)31-26(38)41-5/h6-9,16-19,22H,1,10-15H2,2-5H3,(H,31,38)(H,32,35)(H,33,37)/t16-,17+,19+,22-,28-/m1/s1. The number of hydrogen-bond acceptors (Lipinski definition) is 9. The predicted molar refractivity (Wildman–Crippen MR) is 159 cm³/mol. The molecule has 5 atom stereocenters. The van der Waals surface area contributed by atoms with E-state index in [1.54, 1.807) is 39.0 Å². The molecule has 13 nitrogen and oxygen atoms in total. The Kier molecular flexibility index (Phi) is 9.45. The number of amides is 4. The van der Waals surface area contributed by atoms with E-state index in [1.165, 1.54) is 18.1 Å². The van der Waals surface area contributed by atoms with E-state index in [9.17, 15) is 27.6 Å². The van der Waals surface area contributed by atoms with Gasteiger partial charge in [0.05, 0.1) is 19.0 Å². The fraction of sp³-hybridized carbons (Fsp3) is 0.607. The SMILES string of the molecule is C=C[C@H]1C[C@]1(NC(=O)[C@@H]1C[C@@H](COc2cccc(Br)n2)CN1C(=O)[C@@H](NC(=O)OC)C(C)(C)C)C(=O)NS(=O)(=O)C1CC1. The molecule has 0 aromatic carbocycles. The summed E-state index contributed by atoms with van der Waals surface area (Å²) in [5.41, 5.74) is -2.25. The maximum Gasteiger partial charge on any atom is 0.407 e. The number of carbonyl (C=O) groups is 4. The highest BCUT2D eigenvalue weighted by molar-refractivity contribution is 9.10. The molecule has 43 heavy (non-hydrogen) atoms. The number of halogens is 1. The molecule has 1 aromatic heterocycles. The van der Waals surface area contributed by atoms with Crippen molar-refractivity contribution in [2.24, 2.45) is 17.3 Å². The van der Waals surface area contributed by atoms with Crippen LogP contribution in [0, 0.1) is 17.3 Å². The number of likely N-dealkylation sites (tertiary alicyclic amines) is 1. The monoisotopic (exact) mass is 683 g/mol. The Hall–Kier alpha value is -3.20. The van der Waals surface area contributed by atoms with E-state index in [2.05, 4.69) is 42.8 Å². The summed E-state index contributed by atoms with van der Waals surface area (Å²) in [5.74, 6) is -2.37. The first-order valence-electron chi connectivity index (χ1n) is 14.0. The molecule has 3 aliphatic rings. The van der Waals surface area contributed by atoms with Gasteiger partial charge in [-0.25, -0.2) is 18.2 Å². The lowest BCUT2D eigenvalue weighted by Crippen LogP contribution is -2.60. The maximum atomic E-state index is 14.0. The highest BCUT2D eigenvalue weighted by Gasteiger charge is 2.62. The van der Waals surface area contributed by atoms with Crippen LogP contribution in [0.2, 0.25) is 0 Å². The Bertz CT molecular complexity index is 1400. The van der Waals surface area contributed by atoms with Gasteiger partial charge in [0, 0.05) is 24.4 Å². The zero-order valence-corrected chi connectivity index (χ0v) is 27.0. The van der Waals surface area contributed by atoms with Crippen LogP contribution in [0.25, 0.3) is 0 Å². The Balaban J connectivity index is 1.57. The van der Waals surface area contributed by atoms with Gasteiger partial charge in [-0.05, 0) is 53.1 Å². The van der Waals surface area contributed by atoms with Crippen molar-refractivity contribution in [3.63, 3.8) is 0 Å². The molecule has 2 heterocycles. The zero-order chi connectivity index (χ0) is 31.7. The van der Waals surface area contributed by atoms with Gasteiger partial charge >= 0.3 is 6.09 Å². The number of alkyl carbamates (subject to hydrolysis) is 1. The number of carbonyl (C=O) groups excluding carboxylic acids is 4. The number of methoxy groups -OCH3 is 1. The minimum atomic E-state index is -3.85. The molecular weight excluding hydrogens is 646 g/mol. The molecule has 2 aliphatic carbocycles. The van der Waals surface area contributed by atoms with Crippen molar-refractivity contribution in [1.29, 1.82) is 0 Å². The highest BCUT2D eigenvalue weighted by Crippen LogP contribution is 2.45. The number of aromatic nitrogens is 1. The lowest BCUT2D eigenvalue weighted by molar-refractivity contribution is -0.142. The fourth-order valence-corrected chi connectivity index (χ4v) is 6.91. The van der Waals surface area contributed by atoms with Gasteiger partial charge in [-0.15, -0.1) is 6.58 Å². The van der Waals surface area contributed by atoms with Gasteiger partial charge in [0.15, 0.2) is 0 Å². The Morgan fingerprint density at radius 2 is 1.95 bits per heavy atom. The third-order valence-corrected chi connectivity index (χ3v) is 10.2. The lowest BCUT2D eigenvalue weighted by Gasteiger charge is -2.35. The summed E-state index contributed by atoms with van der Waals surface area (Å²) in [7, 11) is -2.67. The smallest absolute Gasteiger partial charge is 0.407 e. The molecule has 236 valence electrons. The van der Waals surface area contributed by atoms with E-state index in [1.807, 2.05) is 0 Å². The average molecular weight is 685 g/mol. The summed E-state index contributed by atoms with van der Waals surface area (Å²) in [5, 5.41) is 4.72. The zero-order valence-electron chi connectivity index (χ0n) is 24.6. The van der Waals surface area contributed by atoms with Crippen molar-refractivity contribution < 1.29 is 37.1 Å². The van der Waals surface area contributed by atoms with Crippen molar-refractivity contribution in [3.8, 4) is 5.88 Å². The van der Waals surface area contributed by atoms with Gasteiger partial charge in [0.25, 0.3) is 5.91 Å². The third-order valence-electron chi connectivity index (χ3n) is 7.94. The van der Waals surface area contributed by atoms with Gasteiger partial charge in [-0.1, -0.05) is 32.9 Å². The molecule has 2 saturated carbocycles. The second-order valence-corrected chi connectivity index (χ2v) is 15.1. The van der Waals surface area contributed by atoms with Crippen molar-refractivity contribution in [2.75, 3.05) is 20.3 Å². The van der Waals surface area contributed by atoms with Crippen LogP contribution in [0.5, 0.6) is 5.88 Å². The van der Waals surface area contributed by atoms with E-state index in [0.717, 1.165) is 0 Å². The van der Waals surface area contributed by atoms with E-state index < -0.39 is 68.0 Å². The normalized spacial score (nSPS) is 25.7. The number of sulfonamides is 1. The quantitative estimate of drug-likeness (QED) is 0.232. The topological polar surface area (TPSA) is 173 Å². The first-order valence-corrected chi connectivity index (χ1v) is 16.4. The molecule has 15 heteroatoms. The van der Waals surface area contributed by atoms with Crippen LogP contribution in [0.3, 0.4) is 0 Å². The number of rotatable bonds is 11. The van der Waals surface area contributed by atoms with Crippen LogP contribution in [0.4, 0.5) is 4.79 Å². The summed E-state index contributed by atoms with van der Waals surface area (Å²) in [6, 6.07) is 3.13. The molecule has 3 fully saturated rings. The van der Waals surface area contributed by atoms with Gasteiger partial charge in [-0.2, -0.15) is 0 Å². The Morgan fingerprint density at radius 3 is 2.51 bits per heavy atom. The minimum Gasteiger partial charge on any atom is -0.477 e. The predicted octanol–water partition coefficient (Wildman–Crippen LogP) is 1.88. The van der Waals surface area contributed by atoms with E-state index >= 15 is 0 Å². The van der Waals surface area contributed by atoms with Crippen LogP contribution in [0.1, 0.15) is 46.5 Å². The highest BCUT2D eigenvalue weighted by atomic mass is 79.9. The fourth-order valence-electron chi connectivity index (χ4n) is 5.22. The molecule has 3 N–H and O–H groups in total. The van der Waals surface area contributed by atoms with Crippen molar-refractivity contribution in [3.05, 3.63) is 35.5 Å². The summed E-state index contributed by atoms with van der Waals surface area (Å²) >= 11 is 3.30. The summed E-state index contributed by atoms with van der Waals surface area (Å²) in [4.78, 5) is 58.8. The molecule has 4 rings (SSSR count). The molecule has 0 radical (unpaired) electrons. The summed E-state index contributed by atoms with van der Waals surface area (Å²) in [6.07, 6.45) is 2.01. The average Bonchev–Trinajstić information content (AvgIpc) is 3.86. The summed E-state index contributed by atoms with van der Waals surface area (Å²) < 4.78 is 38.3. The second kappa shape index (κ2) is 12.4. The molecule has 0 unspecified atom stereocenters. The molecule has 0 bridgehead atoms. The van der Waals surface area contributed by atoms with Crippen molar-refractivity contribution in [1.82, 2.24) is 25.2 Å². The molecule has 1 aliphatic heterocycles. The second-order valence-electron chi connectivity index (χ2n) is 12.3. The molecule has 0 spiro atoms. The van der Waals surface area contributed by atoms with Gasteiger partial charge in [0.1, 0.15) is 22.2 Å². The van der Waals surface area contributed by atoms with Crippen LogP contribution in [0.15, 0.2) is 35.5 Å². The largest absolute Gasteiger partial charge is 0.477 e. The lowest BCUT2D eigenvalue weighted by atomic mass is 9.85. The number of nitrogens with zero attached hydrogens (tertiary/aromatic N) is 2. The van der Waals surface area contributed by atoms with E-state index in [0.29, 0.717) is 23.3 Å².